The Bertz CT molecular complexity index is 184. The second-order valence-electron chi connectivity index (χ2n) is 2.35. The Morgan fingerprint density at radius 2 is 2.31 bits per heavy atom. The lowest BCUT2D eigenvalue weighted by Gasteiger charge is -2.09. The molecule has 0 bridgehead atoms. The van der Waals surface area contributed by atoms with Crippen LogP contribution in [0.15, 0.2) is 0 Å². The van der Waals surface area contributed by atoms with Gasteiger partial charge in [-0.2, -0.15) is 0 Å². The van der Waals surface area contributed by atoms with Crippen LogP contribution in [-0.2, 0) is 14.4 Å². The van der Waals surface area contributed by atoms with Gasteiger partial charge >= 0.3 is 5.97 Å². The normalized spacial score (nSPS) is 11.8. The minimum atomic E-state index is -0.920. The molecule has 0 aliphatic carbocycles. The fraction of sp³-hybridized carbons (Fsp3) is 0.833. The molecule has 0 aliphatic heterocycles. The van der Waals surface area contributed by atoms with Crippen LogP contribution in [0.3, 0.4) is 0 Å². The van der Waals surface area contributed by atoms with Gasteiger partial charge in [-0.05, 0) is 14.0 Å². The molecular formula is C6H12N2O5. The average Bonchev–Trinajstić information content (AvgIpc) is 2.00. The molecule has 0 fully saturated rings. The van der Waals surface area contributed by atoms with Crippen molar-refractivity contribution >= 4 is 5.97 Å². The van der Waals surface area contributed by atoms with Crippen LogP contribution in [0.25, 0.3) is 0 Å². The lowest BCUT2D eigenvalue weighted by molar-refractivity contribution is -0.767. The zero-order chi connectivity index (χ0) is 10.3. The van der Waals surface area contributed by atoms with Crippen LogP contribution in [-0.4, -0.2) is 37.4 Å². The molecule has 1 N–H and O–H groups in total. The van der Waals surface area contributed by atoms with Gasteiger partial charge in [0.25, 0.3) is 5.09 Å². The first kappa shape index (κ1) is 11.6. The minimum absolute atomic E-state index is 0.0746. The number of nitrogens with one attached hydrogen (secondary N) is 1. The summed E-state index contributed by atoms with van der Waals surface area (Å²) in [5, 5.41) is 11.5. The van der Waals surface area contributed by atoms with Crippen molar-refractivity contribution in [1.29, 1.82) is 0 Å². The van der Waals surface area contributed by atoms with E-state index in [2.05, 4.69) is 14.9 Å². The highest BCUT2D eigenvalue weighted by molar-refractivity contribution is 5.71. The van der Waals surface area contributed by atoms with Gasteiger partial charge in [-0.3, -0.25) is 4.79 Å². The van der Waals surface area contributed by atoms with Crippen molar-refractivity contribution in [1.82, 2.24) is 5.32 Å². The first-order chi connectivity index (χ1) is 6.06. The lowest BCUT2D eigenvalue weighted by Crippen LogP contribution is -2.26. The fourth-order valence-corrected chi connectivity index (χ4v) is 0.583. The van der Waals surface area contributed by atoms with Gasteiger partial charge in [0.1, 0.15) is 12.7 Å². The molecule has 13 heavy (non-hydrogen) atoms. The molecule has 0 aromatic carbocycles. The van der Waals surface area contributed by atoms with Crippen LogP contribution in [0.4, 0.5) is 0 Å². The van der Waals surface area contributed by atoms with Crippen molar-refractivity contribution in [3.05, 3.63) is 10.1 Å². The number of carbonyl (C=O) groups is 1. The van der Waals surface area contributed by atoms with Gasteiger partial charge in [0.2, 0.25) is 0 Å². The lowest BCUT2D eigenvalue weighted by atomic mass is 10.4. The van der Waals surface area contributed by atoms with Crippen LogP contribution in [0.1, 0.15) is 6.92 Å². The van der Waals surface area contributed by atoms with E-state index in [1.54, 1.807) is 7.05 Å². The van der Waals surface area contributed by atoms with E-state index in [0.29, 0.717) is 0 Å². The second kappa shape index (κ2) is 6.18. The third-order valence-corrected chi connectivity index (χ3v) is 1.07. The number of rotatable bonds is 6. The van der Waals surface area contributed by atoms with Gasteiger partial charge in [-0.15, -0.1) is 10.1 Å². The van der Waals surface area contributed by atoms with E-state index in [1.807, 2.05) is 0 Å². The van der Waals surface area contributed by atoms with Crippen molar-refractivity contribution in [3.8, 4) is 0 Å². The van der Waals surface area contributed by atoms with Crippen molar-refractivity contribution in [3.63, 3.8) is 0 Å². The summed E-state index contributed by atoms with van der Waals surface area (Å²) in [6, 6.07) is 0. The van der Waals surface area contributed by atoms with Crippen molar-refractivity contribution in [2.45, 2.75) is 13.0 Å². The molecule has 0 saturated heterocycles. The predicted molar refractivity (Wildman–Crippen MR) is 42.4 cm³/mol. The highest BCUT2D eigenvalue weighted by Crippen LogP contribution is 1.92. The Morgan fingerprint density at radius 3 is 2.77 bits per heavy atom. The zero-order valence-electron chi connectivity index (χ0n) is 7.48. The molecule has 0 saturated carbocycles. The molecule has 0 spiro atoms. The maximum Gasteiger partial charge on any atom is 0.319 e. The van der Waals surface area contributed by atoms with Crippen LogP contribution in [0.2, 0.25) is 0 Å². The van der Waals surface area contributed by atoms with Crippen molar-refractivity contribution < 1.29 is 19.5 Å². The molecule has 0 amide bonds. The zero-order valence-corrected chi connectivity index (χ0v) is 7.48. The summed E-state index contributed by atoms with van der Waals surface area (Å²) in [6.45, 7) is 1.39. The predicted octanol–water partition coefficient (Wildman–Crippen LogP) is -0.654. The summed E-state index contributed by atoms with van der Waals surface area (Å²) < 4.78 is 4.61. The molecule has 1 atom stereocenters. The first-order valence-corrected chi connectivity index (χ1v) is 3.67. The number of likely N-dealkylation sites (N-methyl/N-ethyl adjacent to an activating group) is 1. The van der Waals surface area contributed by atoms with Gasteiger partial charge in [-0.25, -0.2) is 0 Å². The van der Waals surface area contributed by atoms with E-state index in [0.717, 1.165) is 0 Å². The van der Waals surface area contributed by atoms with Crippen molar-refractivity contribution in [2.24, 2.45) is 0 Å². The quantitative estimate of drug-likeness (QED) is 0.341. The standard InChI is InChI=1S/C6H12N2O5/c1-5(13-8(10)11)4-12-6(9)3-7-2/h5,7H,3-4H2,1-2H3. The summed E-state index contributed by atoms with van der Waals surface area (Å²) in [5.41, 5.74) is 0. The summed E-state index contributed by atoms with van der Waals surface area (Å²) in [7, 11) is 1.60. The Hall–Kier alpha value is -1.37. The SMILES string of the molecule is CNCC(=O)OCC(C)O[N+](=O)[O-]. The van der Waals surface area contributed by atoms with E-state index >= 15 is 0 Å². The molecule has 76 valence electrons. The monoisotopic (exact) mass is 192 g/mol. The molecular weight excluding hydrogens is 180 g/mol. The fourth-order valence-electron chi connectivity index (χ4n) is 0.583. The molecule has 0 rings (SSSR count). The van der Waals surface area contributed by atoms with E-state index in [9.17, 15) is 14.9 Å². The van der Waals surface area contributed by atoms with E-state index in [4.69, 9.17) is 0 Å². The van der Waals surface area contributed by atoms with Crippen LogP contribution >= 0.6 is 0 Å². The van der Waals surface area contributed by atoms with Crippen LogP contribution in [0, 0.1) is 10.1 Å². The third-order valence-electron chi connectivity index (χ3n) is 1.07. The molecule has 1 unspecified atom stereocenters. The van der Waals surface area contributed by atoms with E-state index in [-0.39, 0.29) is 13.2 Å². The Balaban J connectivity index is 3.51. The van der Waals surface area contributed by atoms with Crippen molar-refractivity contribution in [2.75, 3.05) is 20.2 Å². The number of esters is 1. The van der Waals surface area contributed by atoms with Gasteiger partial charge in [0, 0.05) is 0 Å². The van der Waals surface area contributed by atoms with Crippen LogP contribution < -0.4 is 5.32 Å². The molecule has 7 nitrogen and oxygen atoms in total. The summed E-state index contributed by atoms with van der Waals surface area (Å²) >= 11 is 0. The van der Waals surface area contributed by atoms with Gasteiger partial charge in [0.15, 0.2) is 0 Å². The highest BCUT2D eigenvalue weighted by atomic mass is 17.0. The number of carbonyl (C=O) groups excluding carboxylic acids is 1. The summed E-state index contributed by atoms with van der Waals surface area (Å²) in [5.74, 6) is -0.471. The molecule has 0 heterocycles. The number of ether oxygens (including phenoxy) is 1. The molecule has 7 heteroatoms. The van der Waals surface area contributed by atoms with Gasteiger partial charge < -0.3 is 14.9 Å². The molecule has 0 aromatic heterocycles. The topological polar surface area (TPSA) is 90.7 Å². The van der Waals surface area contributed by atoms with E-state index < -0.39 is 17.2 Å². The van der Waals surface area contributed by atoms with Crippen LogP contribution in [0.5, 0.6) is 0 Å². The third kappa shape index (κ3) is 7.01. The molecule has 0 radical (unpaired) electrons. The summed E-state index contributed by atoms with van der Waals surface area (Å²) in [4.78, 5) is 24.6. The maximum atomic E-state index is 10.7. The number of hydrogen-bond donors (Lipinski definition) is 1. The number of hydrogen-bond acceptors (Lipinski definition) is 6. The maximum absolute atomic E-state index is 10.7. The first-order valence-electron chi connectivity index (χ1n) is 3.67. The molecule has 0 aromatic rings. The highest BCUT2D eigenvalue weighted by Gasteiger charge is 2.09. The summed E-state index contributed by atoms with van der Waals surface area (Å²) in [6.07, 6.45) is -0.740. The Labute approximate surface area is 75.1 Å². The Morgan fingerprint density at radius 1 is 1.69 bits per heavy atom. The van der Waals surface area contributed by atoms with Gasteiger partial charge in [0.05, 0.1) is 6.54 Å². The smallest absolute Gasteiger partial charge is 0.319 e. The largest absolute Gasteiger partial charge is 0.462 e. The minimum Gasteiger partial charge on any atom is -0.462 e. The average molecular weight is 192 g/mol. The second-order valence-corrected chi connectivity index (χ2v) is 2.35. The Kier molecular flexibility index (Phi) is 5.53. The van der Waals surface area contributed by atoms with Gasteiger partial charge in [-0.1, -0.05) is 0 Å². The van der Waals surface area contributed by atoms with E-state index in [1.165, 1.54) is 6.92 Å². The number of nitrogens with zero attached hydrogens (tertiary/aromatic N) is 1. The molecule has 0 aliphatic rings.